The molecule has 1 aliphatic rings. The molecule has 1 fully saturated rings. The fourth-order valence-corrected chi connectivity index (χ4v) is 4.41. The maximum Gasteiger partial charge on any atom is 0.337 e. The lowest BCUT2D eigenvalue weighted by Gasteiger charge is -2.44. The molecule has 1 aliphatic heterocycles. The molecule has 4 nitrogen and oxygen atoms in total. The number of hydrogen-bond donors (Lipinski definition) is 0. The topological polar surface area (TPSA) is 32.8 Å². The van der Waals surface area contributed by atoms with Crippen molar-refractivity contribution in [2.24, 2.45) is 0 Å². The molecule has 2 aromatic rings. The van der Waals surface area contributed by atoms with Gasteiger partial charge in [0.25, 0.3) is 0 Å². The minimum absolute atomic E-state index is 0.285. The summed E-state index contributed by atoms with van der Waals surface area (Å²) in [6, 6.07) is 17.4. The number of esters is 1. The zero-order valence-corrected chi connectivity index (χ0v) is 18.3. The van der Waals surface area contributed by atoms with Gasteiger partial charge in [-0.25, -0.2) is 4.79 Å². The number of halogens is 1. The third-order valence-corrected chi connectivity index (χ3v) is 6.32. The first-order chi connectivity index (χ1) is 13.0. The fraction of sp³-hybridized carbons (Fsp3) is 0.409. The van der Waals surface area contributed by atoms with Crippen molar-refractivity contribution in [1.82, 2.24) is 9.80 Å². The number of carbonyl (C=O) groups excluding carboxylic acids is 1. The minimum atomic E-state index is -0.285. The van der Waals surface area contributed by atoms with Crippen LogP contribution in [0.2, 0.25) is 0 Å². The lowest BCUT2D eigenvalue weighted by molar-refractivity contribution is 0.0289. The summed E-state index contributed by atoms with van der Waals surface area (Å²) >= 11 is 2.43. The summed E-state index contributed by atoms with van der Waals surface area (Å²) in [5.74, 6) is -0.285. The van der Waals surface area contributed by atoms with Crippen LogP contribution in [0.1, 0.15) is 35.3 Å². The van der Waals surface area contributed by atoms with Gasteiger partial charge in [-0.3, -0.25) is 9.80 Å². The Labute approximate surface area is 175 Å². The molecular weight excluding hydrogens is 451 g/mol. The first-order valence-corrected chi connectivity index (χ1v) is 10.4. The van der Waals surface area contributed by atoms with Gasteiger partial charge in [0.05, 0.1) is 12.7 Å². The quantitative estimate of drug-likeness (QED) is 0.477. The molecule has 0 radical (unpaired) electrons. The number of piperazine rings is 1. The van der Waals surface area contributed by atoms with Crippen molar-refractivity contribution in [3.8, 4) is 0 Å². The zero-order chi connectivity index (χ0) is 19.4. The number of methoxy groups -OCH3 is 1. The molecule has 0 saturated carbocycles. The van der Waals surface area contributed by atoms with Gasteiger partial charge in [0.1, 0.15) is 0 Å². The number of benzene rings is 2. The third-order valence-electron chi connectivity index (χ3n) is 5.27. The molecule has 0 bridgehead atoms. The van der Waals surface area contributed by atoms with Crippen LogP contribution < -0.4 is 0 Å². The summed E-state index contributed by atoms with van der Waals surface area (Å²) in [7, 11) is 1.41. The lowest BCUT2D eigenvalue weighted by atomic mass is 10.0. The smallest absolute Gasteiger partial charge is 0.337 e. The highest BCUT2D eigenvalue weighted by Crippen LogP contribution is 2.22. The van der Waals surface area contributed by atoms with Crippen molar-refractivity contribution in [3.05, 3.63) is 68.8 Å². The second-order valence-corrected chi connectivity index (χ2v) is 8.51. The summed E-state index contributed by atoms with van der Waals surface area (Å²) < 4.78 is 6.11. The van der Waals surface area contributed by atoms with Crippen LogP contribution in [0, 0.1) is 3.57 Å². The Kier molecular flexibility index (Phi) is 6.89. The van der Waals surface area contributed by atoms with Gasteiger partial charge in [0, 0.05) is 41.8 Å². The van der Waals surface area contributed by atoms with Crippen molar-refractivity contribution in [2.75, 3.05) is 20.2 Å². The van der Waals surface area contributed by atoms with E-state index < -0.39 is 0 Å². The normalized spacial score (nSPS) is 21.2. The molecule has 27 heavy (non-hydrogen) atoms. The van der Waals surface area contributed by atoms with Crippen LogP contribution in [-0.4, -0.2) is 48.1 Å². The van der Waals surface area contributed by atoms with Crippen molar-refractivity contribution < 1.29 is 9.53 Å². The maximum atomic E-state index is 11.6. The van der Waals surface area contributed by atoms with Crippen molar-refractivity contribution in [3.63, 3.8) is 0 Å². The minimum Gasteiger partial charge on any atom is -0.465 e. The predicted octanol–water partition coefficient (Wildman–Crippen LogP) is 4.17. The molecule has 144 valence electrons. The van der Waals surface area contributed by atoms with Gasteiger partial charge >= 0.3 is 5.97 Å². The van der Waals surface area contributed by atoms with Gasteiger partial charge in [0.15, 0.2) is 0 Å². The number of carbonyl (C=O) groups is 1. The Bertz CT molecular complexity index is 766. The second-order valence-electron chi connectivity index (χ2n) is 7.34. The second kappa shape index (κ2) is 9.17. The zero-order valence-electron chi connectivity index (χ0n) is 16.2. The van der Waals surface area contributed by atoms with E-state index in [0.29, 0.717) is 17.6 Å². The number of hydrogen-bond acceptors (Lipinski definition) is 4. The summed E-state index contributed by atoms with van der Waals surface area (Å²) in [4.78, 5) is 16.7. The van der Waals surface area contributed by atoms with Crippen LogP contribution in [0.25, 0.3) is 0 Å². The summed E-state index contributed by atoms with van der Waals surface area (Å²) in [6.45, 7) is 8.66. The molecule has 2 atom stereocenters. The van der Waals surface area contributed by atoms with E-state index in [9.17, 15) is 4.79 Å². The van der Waals surface area contributed by atoms with Gasteiger partial charge in [-0.2, -0.15) is 0 Å². The average molecular weight is 478 g/mol. The molecule has 0 aromatic heterocycles. The number of nitrogens with zero attached hydrogens (tertiary/aromatic N) is 2. The Morgan fingerprint density at radius 2 is 1.67 bits per heavy atom. The van der Waals surface area contributed by atoms with Gasteiger partial charge in [-0.05, 0) is 65.8 Å². The van der Waals surface area contributed by atoms with Gasteiger partial charge < -0.3 is 4.74 Å². The van der Waals surface area contributed by atoms with E-state index in [1.807, 2.05) is 24.3 Å². The molecule has 5 heteroatoms. The Morgan fingerprint density at radius 1 is 1.04 bits per heavy atom. The van der Waals surface area contributed by atoms with E-state index in [2.05, 4.69) is 70.5 Å². The Balaban J connectivity index is 1.62. The monoisotopic (exact) mass is 478 g/mol. The van der Waals surface area contributed by atoms with E-state index in [4.69, 9.17) is 4.74 Å². The molecular formula is C22H27IN2O2. The first kappa shape index (κ1) is 20.3. The highest BCUT2D eigenvalue weighted by Gasteiger charge is 2.29. The molecule has 3 rings (SSSR count). The van der Waals surface area contributed by atoms with Crippen molar-refractivity contribution in [1.29, 1.82) is 0 Å². The molecule has 2 aromatic carbocycles. The SMILES string of the molecule is COC(=O)c1ccc(CN2[C@H](C)CN(Cc3ccccc3I)C[C@@H]2C)cc1. The van der Waals surface area contributed by atoms with Crippen LogP contribution >= 0.6 is 22.6 Å². The third kappa shape index (κ3) is 5.09. The van der Waals surface area contributed by atoms with Crippen molar-refractivity contribution in [2.45, 2.75) is 39.0 Å². The summed E-state index contributed by atoms with van der Waals surface area (Å²) in [5.41, 5.74) is 3.24. The Morgan fingerprint density at radius 3 is 2.26 bits per heavy atom. The van der Waals surface area contributed by atoms with E-state index in [-0.39, 0.29) is 5.97 Å². The molecule has 1 saturated heterocycles. The molecule has 0 amide bonds. The van der Waals surface area contributed by atoms with Crippen LogP contribution in [0.5, 0.6) is 0 Å². The van der Waals surface area contributed by atoms with Crippen LogP contribution in [0.4, 0.5) is 0 Å². The summed E-state index contributed by atoms with van der Waals surface area (Å²) in [6.07, 6.45) is 0. The highest BCUT2D eigenvalue weighted by atomic mass is 127. The molecule has 0 unspecified atom stereocenters. The molecule has 0 spiro atoms. The van der Waals surface area contributed by atoms with E-state index >= 15 is 0 Å². The molecule has 0 aliphatic carbocycles. The van der Waals surface area contributed by atoms with Gasteiger partial charge in [-0.1, -0.05) is 30.3 Å². The predicted molar refractivity (Wildman–Crippen MR) is 117 cm³/mol. The number of rotatable bonds is 5. The molecule has 0 N–H and O–H groups in total. The standard InChI is InChI=1S/C22H27IN2O2/c1-16-12-24(15-20-6-4-5-7-21(20)23)13-17(2)25(16)14-18-8-10-19(11-9-18)22(26)27-3/h4-11,16-17H,12-15H2,1-3H3/t16-,17+. The lowest BCUT2D eigenvalue weighted by Crippen LogP contribution is -2.55. The van der Waals surface area contributed by atoms with Gasteiger partial charge in [-0.15, -0.1) is 0 Å². The van der Waals surface area contributed by atoms with Crippen LogP contribution in [-0.2, 0) is 17.8 Å². The molecule has 1 heterocycles. The van der Waals surface area contributed by atoms with Gasteiger partial charge in [0.2, 0.25) is 0 Å². The van der Waals surface area contributed by atoms with E-state index in [1.165, 1.54) is 21.8 Å². The van der Waals surface area contributed by atoms with Crippen LogP contribution in [0.3, 0.4) is 0 Å². The van der Waals surface area contributed by atoms with Crippen LogP contribution in [0.15, 0.2) is 48.5 Å². The average Bonchev–Trinajstić information content (AvgIpc) is 2.66. The van der Waals surface area contributed by atoms with E-state index in [0.717, 1.165) is 26.2 Å². The fourth-order valence-electron chi connectivity index (χ4n) is 3.85. The van der Waals surface area contributed by atoms with Crippen molar-refractivity contribution >= 4 is 28.6 Å². The largest absolute Gasteiger partial charge is 0.465 e. The number of ether oxygens (including phenoxy) is 1. The summed E-state index contributed by atoms with van der Waals surface area (Å²) in [5, 5.41) is 0. The maximum absolute atomic E-state index is 11.6. The van der Waals surface area contributed by atoms with E-state index in [1.54, 1.807) is 0 Å². The first-order valence-electron chi connectivity index (χ1n) is 9.36. The Hall–Kier alpha value is -1.44. The highest BCUT2D eigenvalue weighted by molar-refractivity contribution is 14.1.